The minimum absolute atomic E-state index is 0.0237. The van der Waals surface area contributed by atoms with Crippen LogP contribution in [0.4, 0.5) is 0 Å². The molecule has 0 saturated carbocycles. The highest BCUT2D eigenvalue weighted by Gasteiger charge is 2.07. The largest absolute Gasteiger partial charge is 0.323 e. The predicted molar refractivity (Wildman–Crippen MR) is 80.6 cm³/mol. The second-order valence-electron chi connectivity index (χ2n) is 3.93. The Kier molecular flexibility index (Phi) is 4.95. The van der Waals surface area contributed by atoms with E-state index >= 15 is 0 Å². The van der Waals surface area contributed by atoms with E-state index in [9.17, 15) is 0 Å². The Balaban J connectivity index is 1.96. The fraction of sp³-hybridized carbons (Fsp3) is 0.143. The molecule has 94 valence electrons. The topological polar surface area (TPSA) is 26.0 Å². The van der Waals surface area contributed by atoms with Gasteiger partial charge in [0, 0.05) is 26.7 Å². The molecule has 0 aliphatic heterocycles. The van der Waals surface area contributed by atoms with Crippen LogP contribution in [0.2, 0.25) is 10.0 Å². The van der Waals surface area contributed by atoms with Gasteiger partial charge in [-0.25, -0.2) is 0 Å². The van der Waals surface area contributed by atoms with Crippen LogP contribution in [0.1, 0.15) is 11.6 Å². The van der Waals surface area contributed by atoms with Crippen molar-refractivity contribution in [2.45, 2.75) is 10.9 Å². The van der Waals surface area contributed by atoms with Gasteiger partial charge in [-0.1, -0.05) is 35.3 Å². The van der Waals surface area contributed by atoms with Crippen molar-refractivity contribution < 1.29 is 0 Å². The Morgan fingerprint density at radius 1 is 1.00 bits per heavy atom. The van der Waals surface area contributed by atoms with Crippen molar-refractivity contribution in [1.82, 2.24) is 0 Å². The SMILES string of the molecule is NC(CSc1ccc(Cl)cc1)c1cccc(Cl)c1. The zero-order valence-corrected chi connectivity index (χ0v) is 12.0. The van der Waals surface area contributed by atoms with Gasteiger partial charge in [0.05, 0.1) is 0 Å². The lowest BCUT2D eigenvalue weighted by Gasteiger charge is -2.12. The fourth-order valence-electron chi connectivity index (χ4n) is 1.55. The molecule has 0 aliphatic carbocycles. The van der Waals surface area contributed by atoms with Gasteiger partial charge >= 0.3 is 0 Å². The van der Waals surface area contributed by atoms with E-state index in [1.54, 1.807) is 11.8 Å². The average molecular weight is 298 g/mol. The van der Waals surface area contributed by atoms with Crippen molar-refractivity contribution in [3.05, 3.63) is 64.1 Å². The molecule has 2 N–H and O–H groups in total. The molecule has 0 aliphatic rings. The Morgan fingerprint density at radius 2 is 1.72 bits per heavy atom. The van der Waals surface area contributed by atoms with E-state index < -0.39 is 0 Å². The maximum absolute atomic E-state index is 6.14. The van der Waals surface area contributed by atoms with Gasteiger partial charge in [-0.2, -0.15) is 0 Å². The summed E-state index contributed by atoms with van der Waals surface area (Å²) in [6.45, 7) is 0. The molecule has 2 aromatic carbocycles. The van der Waals surface area contributed by atoms with Gasteiger partial charge in [0.2, 0.25) is 0 Å². The molecule has 0 fully saturated rings. The summed E-state index contributed by atoms with van der Waals surface area (Å²) in [5.74, 6) is 0.808. The maximum atomic E-state index is 6.14. The Morgan fingerprint density at radius 3 is 2.39 bits per heavy atom. The lowest BCUT2D eigenvalue weighted by Crippen LogP contribution is -2.12. The van der Waals surface area contributed by atoms with Crippen LogP contribution in [-0.2, 0) is 0 Å². The Bertz CT molecular complexity index is 513. The van der Waals surface area contributed by atoms with Crippen LogP contribution in [-0.4, -0.2) is 5.75 Å². The van der Waals surface area contributed by atoms with E-state index in [1.807, 2.05) is 48.5 Å². The highest BCUT2D eigenvalue weighted by Crippen LogP contribution is 2.25. The molecule has 2 aromatic rings. The summed E-state index contributed by atoms with van der Waals surface area (Å²) in [7, 11) is 0. The third-order valence-corrected chi connectivity index (χ3v) is 4.14. The number of rotatable bonds is 4. The van der Waals surface area contributed by atoms with E-state index in [0.29, 0.717) is 0 Å². The highest BCUT2D eigenvalue weighted by atomic mass is 35.5. The van der Waals surface area contributed by atoms with Crippen LogP contribution < -0.4 is 5.73 Å². The average Bonchev–Trinajstić information content (AvgIpc) is 2.38. The fourth-order valence-corrected chi connectivity index (χ4v) is 2.77. The van der Waals surface area contributed by atoms with Crippen molar-refractivity contribution in [3.8, 4) is 0 Å². The number of hydrogen-bond donors (Lipinski definition) is 1. The monoisotopic (exact) mass is 297 g/mol. The van der Waals surface area contributed by atoms with Gasteiger partial charge in [-0.15, -0.1) is 11.8 Å². The summed E-state index contributed by atoms with van der Waals surface area (Å²) in [4.78, 5) is 1.16. The molecule has 0 amide bonds. The zero-order chi connectivity index (χ0) is 13.0. The van der Waals surface area contributed by atoms with Crippen molar-refractivity contribution >= 4 is 35.0 Å². The van der Waals surface area contributed by atoms with Crippen LogP contribution in [0.25, 0.3) is 0 Å². The molecule has 1 atom stereocenters. The van der Waals surface area contributed by atoms with Gasteiger partial charge in [0.25, 0.3) is 0 Å². The van der Waals surface area contributed by atoms with Crippen molar-refractivity contribution in [2.24, 2.45) is 5.73 Å². The third-order valence-electron chi connectivity index (χ3n) is 2.52. The molecular formula is C14H13Cl2NS. The number of benzene rings is 2. The van der Waals surface area contributed by atoms with Gasteiger partial charge in [0.15, 0.2) is 0 Å². The number of hydrogen-bond acceptors (Lipinski definition) is 2. The smallest absolute Gasteiger partial charge is 0.0409 e. The van der Waals surface area contributed by atoms with E-state index in [-0.39, 0.29) is 6.04 Å². The summed E-state index contributed by atoms with van der Waals surface area (Å²) < 4.78 is 0. The molecular weight excluding hydrogens is 285 g/mol. The first-order chi connectivity index (χ1) is 8.65. The molecule has 0 heterocycles. The van der Waals surface area contributed by atoms with Crippen molar-refractivity contribution in [2.75, 3.05) is 5.75 Å². The highest BCUT2D eigenvalue weighted by molar-refractivity contribution is 7.99. The predicted octanol–water partition coefficient (Wildman–Crippen LogP) is 4.79. The van der Waals surface area contributed by atoms with E-state index in [1.165, 1.54) is 0 Å². The molecule has 0 radical (unpaired) electrons. The molecule has 0 saturated heterocycles. The molecule has 1 unspecified atom stereocenters. The Labute approximate surface area is 121 Å². The van der Waals surface area contributed by atoms with Gasteiger partial charge in [-0.05, 0) is 42.0 Å². The summed E-state index contributed by atoms with van der Waals surface area (Å²) >= 11 is 13.5. The lowest BCUT2D eigenvalue weighted by atomic mass is 10.1. The maximum Gasteiger partial charge on any atom is 0.0409 e. The molecule has 2 rings (SSSR count). The number of halogens is 2. The number of nitrogens with two attached hydrogens (primary N) is 1. The first kappa shape index (κ1) is 13.8. The summed E-state index contributed by atoms with van der Waals surface area (Å²) in [5, 5.41) is 1.47. The normalized spacial score (nSPS) is 12.4. The van der Waals surface area contributed by atoms with Crippen LogP contribution in [0.5, 0.6) is 0 Å². The number of thioether (sulfide) groups is 1. The van der Waals surface area contributed by atoms with Gasteiger partial charge in [0.1, 0.15) is 0 Å². The molecule has 4 heteroatoms. The summed E-state index contributed by atoms with van der Waals surface area (Å²) in [5.41, 5.74) is 7.20. The molecule has 0 spiro atoms. The van der Waals surface area contributed by atoms with Crippen LogP contribution in [0.15, 0.2) is 53.4 Å². The van der Waals surface area contributed by atoms with Crippen LogP contribution >= 0.6 is 35.0 Å². The summed E-state index contributed by atoms with van der Waals surface area (Å²) in [6, 6.07) is 15.4. The third kappa shape index (κ3) is 3.92. The quantitative estimate of drug-likeness (QED) is 0.822. The lowest BCUT2D eigenvalue weighted by molar-refractivity contribution is 0.831. The second-order valence-corrected chi connectivity index (χ2v) is 5.89. The molecule has 18 heavy (non-hydrogen) atoms. The van der Waals surface area contributed by atoms with Crippen molar-refractivity contribution in [3.63, 3.8) is 0 Å². The molecule has 1 nitrogen and oxygen atoms in total. The zero-order valence-electron chi connectivity index (χ0n) is 9.64. The Hall–Kier alpha value is -0.670. The first-order valence-electron chi connectivity index (χ1n) is 5.54. The van der Waals surface area contributed by atoms with E-state index in [2.05, 4.69) is 0 Å². The van der Waals surface area contributed by atoms with Crippen LogP contribution in [0, 0.1) is 0 Å². The second kappa shape index (κ2) is 6.48. The van der Waals surface area contributed by atoms with E-state index in [0.717, 1.165) is 26.3 Å². The minimum atomic E-state index is -0.0237. The van der Waals surface area contributed by atoms with Crippen molar-refractivity contribution in [1.29, 1.82) is 0 Å². The van der Waals surface area contributed by atoms with Gasteiger partial charge in [-0.3, -0.25) is 0 Å². The van der Waals surface area contributed by atoms with E-state index in [4.69, 9.17) is 28.9 Å². The van der Waals surface area contributed by atoms with Gasteiger partial charge < -0.3 is 5.73 Å². The molecule has 0 aromatic heterocycles. The standard InChI is InChI=1S/C14H13Cl2NS/c15-11-4-6-13(7-5-11)18-9-14(17)10-2-1-3-12(16)8-10/h1-8,14H,9,17H2. The minimum Gasteiger partial charge on any atom is -0.323 e. The summed E-state index contributed by atoms with van der Waals surface area (Å²) in [6.07, 6.45) is 0. The molecule has 0 bridgehead atoms. The van der Waals surface area contributed by atoms with Crippen LogP contribution in [0.3, 0.4) is 0 Å². The first-order valence-corrected chi connectivity index (χ1v) is 7.29.